The lowest BCUT2D eigenvalue weighted by Gasteiger charge is -2.51. The van der Waals surface area contributed by atoms with Gasteiger partial charge in [-0.2, -0.15) is 0 Å². The molecule has 2 saturated carbocycles. The van der Waals surface area contributed by atoms with Crippen molar-refractivity contribution in [1.82, 2.24) is 14.7 Å². The van der Waals surface area contributed by atoms with Crippen LogP contribution in [0.3, 0.4) is 0 Å². The number of hydrogen-bond acceptors (Lipinski definition) is 3. The summed E-state index contributed by atoms with van der Waals surface area (Å²) in [6, 6.07) is 10.9. The maximum Gasteiger partial charge on any atom is 0.321 e. The van der Waals surface area contributed by atoms with E-state index in [1.807, 2.05) is 0 Å². The predicted octanol–water partition coefficient (Wildman–Crippen LogP) is 3.49. The zero-order valence-electron chi connectivity index (χ0n) is 17.5. The van der Waals surface area contributed by atoms with Crippen molar-refractivity contribution in [2.24, 2.45) is 5.92 Å². The van der Waals surface area contributed by atoms with E-state index in [2.05, 4.69) is 54.2 Å². The van der Waals surface area contributed by atoms with Crippen molar-refractivity contribution in [3.05, 3.63) is 35.9 Å². The molecule has 3 aliphatic rings. The number of urea groups is 1. The van der Waals surface area contributed by atoms with E-state index in [9.17, 15) is 9.59 Å². The van der Waals surface area contributed by atoms with Crippen LogP contribution >= 0.6 is 0 Å². The molecule has 0 bridgehead atoms. The largest absolute Gasteiger partial charge is 0.321 e. The van der Waals surface area contributed by atoms with E-state index in [1.165, 1.54) is 18.4 Å². The summed E-state index contributed by atoms with van der Waals surface area (Å²) in [5.41, 5.74) is 1.28. The molecule has 1 aromatic carbocycles. The van der Waals surface area contributed by atoms with Gasteiger partial charge in [0.05, 0.1) is 12.1 Å². The maximum absolute atomic E-state index is 13.1. The third kappa shape index (κ3) is 3.34. The Hall–Kier alpha value is -1.88. The van der Waals surface area contributed by atoms with Gasteiger partial charge in [0, 0.05) is 18.6 Å². The van der Waals surface area contributed by atoms with Gasteiger partial charge in [-0.15, -0.1) is 0 Å². The zero-order valence-corrected chi connectivity index (χ0v) is 17.5. The number of Topliss-reactive ketones (excluding diaryl/α,β-unsaturated/α-hetero) is 1. The second-order valence-corrected chi connectivity index (χ2v) is 9.41. The Kier molecular flexibility index (Phi) is 4.98. The number of carbonyl (C=O) groups is 2. The van der Waals surface area contributed by atoms with Crippen molar-refractivity contribution in [2.45, 2.75) is 56.5 Å². The molecule has 0 radical (unpaired) electrons. The molecule has 1 heterocycles. The van der Waals surface area contributed by atoms with Gasteiger partial charge in [0.15, 0.2) is 0 Å². The van der Waals surface area contributed by atoms with Crippen LogP contribution in [0.5, 0.6) is 0 Å². The number of rotatable bonds is 6. The minimum Gasteiger partial charge on any atom is -0.317 e. The molecule has 2 aliphatic carbocycles. The van der Waals surface area contributed by atoms with Gasteiger partial charge in [-0.25, -0.2) is 4.79 Å². The number of nitrogens with zero attached hydrogens (tertiary/aromatic N) is 3. The Bertz CT molecular complexity index is 733. The van der Waals surface area contributed by atoms with Crippen LogP contribution in [-0.2, 0) is 10.3 Å². The molecule has 4 rings (SSSR count). The number of benzene rings is 1. The lowest BCUT2D eigenvalue weighted by atomic mass is 9.68. The fraction of sp³-hybridized carbons (Fsp3) is 0.652. The summed E-state index contributed by atoms with van der Waals surface area (Å²) < 4.78 is 0. The lowest BCUT2D eigenvalue weighted by molar-refractivity contribution is -0.117. The molecule has 0 atom stereocenters. The molecule has 152 valence electrons. The Morgan fingerprint density at radius 3 is 2.29 bits per heavy atom. The minimum atomic E-state index is -0.108. The van der Waals surface area contributed by atoms with Crippen molar-refractivity contribution < 1.29 is 9.59 Å². The van der Waals surface area contributed by atoms with Crippen LogP contribution in [0.2, 0.25) is 0 Å². The van der Waals surface area contributed by atoms with Gasteiger partial charge in [-0.3, -0.25) is 9.69 Å². The van der Waals surface area contributed by atoms with E-state index >= 15 is 0 Å². The molecule has 0 N–H and O–H groups in total. The zero-order chi connectivity index (χ0) is 19.9. The molecule has 5 heteroatoms. The van der Waals surface area contributed by atoms with Crippen LogP contribution < -0.4 is 0 Å². The second kappa shape index (κ2) is 7.18. The molecule has 28 heavy (non-hydrogen) atoms. The van der Waals surface area contributed by atoms with E-state index < -0.39 is 0 Å². The fourth-order valence-electron chi connectivity index (χ4n) is 5.40. The normalized spacial score (nSPS) is 30.5. The molecular weight excluding hydrogens is 350 g/mol. The third-order valence-electron chi connectivity index (χ3n) is 7.29. The monoisotopic (exact) mass is 383 g/mol. The molecule has 2 amide bonds. The average Bonchev–Trinajstić information content (AvgIpc) is 3.46. The molecule has 0 unspecified atom stereocenters. The number of hydrogen-bond donors (Lipinski definition) is 0. The predicted molar refractivity (Wildman–Crippen MR) is 110 cm³/mol. The Labute approximate surface area is 168 Å². The lowest BCUT2D eigenvalue weighted by Crippen LogP contribution is -2.55. The van der Waals surface area contributed by atoms with Gasteiger partial charge in [0.2, 0.25) is 0 Å². The van der Waals surface area contributed by atoms with Gasteiger partial charge >= 0.3 is 6.03 Å². The molecule has 1 aliphatic heterocycles. The second-order valence-electron chi connectivity index (χ2n) is 9.41. The SMILES string of the molecule is CC(=O)CN1C[C@]2(CC[C@@](c3ccccc3)(N(C)C)CC2)N(CC2CC2)C1=O. The molecule has 1 spiro atoms. The first-order valence-corrected chi connectivity index (χ1v) is 10.7. The fourth-order valence-corrected chi connectivity index (χ4v) is 5.40. The topological polar surface area (TPSA) is 43.9 Å². The number of carbonyl (C=O) groups excluding carboxylic acids is 2. The van der Waals surface area contributed by atoms with Gasteiger partial charge in [0.1, 0.15) is 5.78 Å². The highest BCUT2D eigenvalue weighted by atomic mass is 16.2. The summed E-state index contributed by atoms with van der Waals surface area (Å²) in [6.45, 7) is 3.40. The van der Waals surface area contributed by atoms with Crippen molar-refractivity contribution in [3.63, 3.8) is 0 Å². The molecule has 1 aromatic rings. The smallest absolute Gasteiger partial charge is 0.317 e. The molecule has 1 saturated heterocycles. The van der Waals surface area contributed by atoms with Crippen molar-refractivity contribution in [2.75, 3.05) is 33.7 Å². The summed E-state index contributed by atoms with van der Waals surface area (Å²) in [5, 5.41) is 0. The molecule has 5 nitrogen and oxygen atoms in total. The van der Waals surface area contributed by atoms with Crippen LogP contribution in [-0.4, -0.2) is 65.8 Å². The van der Waals surface area contributed by atoms with E-state index in [1.54, 1.807) is 11.8 Å². The third-order valence-corrected chi connectivity index (χ3v) is 7.29. The number of amides is 2. The van der Waals surface area contributed by atoms with Crippen LogP contribution in [0, 0.1) is 5.92 Å². The first-order valence-electron chi connectivity index (χ1n) is 10.7. The van der Waals surface area contributed by atoms with Crippen molar-refractivity contribution >= 4 is 11.8 Å². The van der Waals surface area contributed by atoms with Crippen molar-refractivity contribution in [3.8, 4) is 0 Å². The standard InChI is InChI=1S/C23H33N3O2/c1-18(27)15-25-17-22(26(21(25)28)16-19-9-10-19)11-13-23(14-12-22,24(2)3)20-7-5-4-6-8-20/h4-8,19H,9-17H2,1-3H3/t22-,23-. The van der Waals surface area contributed by atoms with Crippen LogP contribution in [0.25, 0.3) is 0 Å². The summed E-state index contributed by atoms with van der Waals surface area (Å²) in [6.07, 6.45) is 6.52. The summed E-state index contributed by atoms with van der Waals surface area (Å²) in [5.74, 6) is 0.729. The van der Waals surface area contributed by atoms with E-state index in [-0.39, 0.29) is 29.4 Å². The van der Waals surface area contributed by atoms with E-state index in [0.29, 0.717) is 12.5 Å². The number of ketones is 1. The molecule has 0 aromatic heterocycles. The maximum atomic E-state index is 13.1. The highest BCUT2D eigenvalue weighted by Crippen LogP contribution is 2.49. The Balaban J connectivity index is 1.59. The average molecular weight is 384 g/mol. The van der Waals surface area contributed by atoms with E-state index in [0.717, 1.165) is 32.2 Å². The quantitative estimate of drug-likeness (QED) is 0.755. The van der Waals surface area contributed by atoms with E-state index in [4.69, 9.17) is 0 Å². The molecule has 3 fully saturated rings. The van der Waals surface area contributed by atoms with Crippen molar-refractivity contribution in [1.29, 1.82) is 0 Å². The highest BCUT2D eigenvalue weighted by Gasteiger charge is 2.55. The minimum absolute atomic E-state index is 0.0226. The van der Waals surface area contributed by atoms with Gasteiger partial charge < -0.3 is 9.80 Å². The Morgan fingerprint density at radius 2 is 1.75 bits per heavy atom. The first-order chi connectivity index (χ1) is 13.4. The van der Waals surface area contributed by atoms with Gasteiger partial charge in [-0.1, -0.05) is 30.3 Å². The van der Waals surface area contributed by atoms with Gasteiger partial charge in [0.25, 0.3) is 0 Å². The van der Waals surface area contributed by atoms with Crippen LogP contribution in [0.15, 0.2) is 30.3 Å². The Morgan fingerprint density at radius 1 is 1.11 bits per heavy atom. The first kappa shape index (κ1) is 19.4. The summed E-state index contributed by atoms with van der Waals surface area (Å²) >= 11 is 0. The van der Waals surface area contributed by atoms with Crippen LogP contribution in [0.1, 0.15) is 51.0 Å². The summed E-state index contributed by atoms with van der Waals surface area (Å²) in [4.78, 5) is 31.2. The van der Waals surface area contributed by atoms with Crippen LogP contribution in [0.4, 0.5) is 4.79 Å². The molecular formula is C23H33N3O2. The summed E-state index contributed by atoms with van der Waals surface area (Å²) in [7, 11) is 4.35. The van der Waals surface area contributed by atoms with Gasteiger partial charge in [-0.05, 0) is 71.0 Å². The highest BCUT2D eigenvalue weighted by molar-refractivity contribution is 5.85.